The summed E-state index contributed by atoms with van der Waals surface area (Å²) >= 11 is 0. The second-order valence-corrected chi connectivity index (χ2v) is 6.77. The van der Waals surface area contributed by atoms with E-state index in [0.29, 0.717) is 11.4 Å². The Morgan fingerprint density at radius 1 is 1.06 bits per heavy atom. The Hall–Kier alpha value is -3.88. The van der Waals surface area contributed by atoms with Gasteiger partial charge in [0.1, 0.15) is 6.04 Å². The van der Waals surface area contributed by atoms with Crippen molar-refractivity contribution >= 4 is 11.9 Å². The van der Waals surface area contributed by atoms with Crippen molar-refractivity contribution in [2.75, 3.05) is 7.11 Å². The number of esters is 1. The summed E-state index contributed by atoms with van der Waals surface area (Å²) in [5.74, 6) is -5.06. The van der Waals surface area contributed by atoms with Gasteiger partial charge in [0.25, 0.3) is 5.91 Å². The third-order valence-electron chi connectivity index (χ3n) is 4.56. The van der Waals surface area contributed by atoms with Crippen molar-refractivity contribution in [2.24, 2.45) is 0 Å². The fraction of sp³-hybridized carbons (Fsp3) is 0.182. The van der Waals surface area contributed by atoms with Crippen LogP contribution in [0.25, 0.3) is 11.4 Å². The van der Waals surface area contributed by atoms with Gasteiger partial charge >= 0.3 is 5.97 Å². The number of phenolic OH excluding ortho intramolecular Hbond substituents is 1. The molecule has 31 heavy (non-hydrogen) atoms. The molecule has 0 unspecified atom stereocenters. The van der Waals surface area contributed by atoms with Crippen LogP contribution in [0.2, 0.25) is 0 Å². The molecule has 0 saturated carbocycles. The summed E-state index contributed by atoms with van der Waals surface area (Å²) in [6.45, 7) is 1.90. The monoisotopic (exact) mass is 427 g/mol. The van der Waals surface area contributed by atoms with Crippen LogP contribution >= 0.6 is 0 Å². The Kier molecular flexibility index (Phi) is 6.54. The van der Waals surface area contributed by atoms with E-state index in [1.807, 2.05) is 19.1 Å². The molecule has 7 nitrogen and oxygen atoms in total. The van der Waals surface area contributed by atoms with Gasteiger partial charge in [-0.3, -0.25) is 14.8 Å². The number of carbonyl (C=O) groups excluding carboxylic acids is 2. The van der Waals surface area contributed by atoms with E-state index in [2.05, 4.69) is 20.0 Å². The molecule has 2 N–H and O–H groups in total. The lowest BCUT2D eigenvalue weighted by atomic mass is 10.0. The molecule has 9 heteroatoms. The number of aromatic nitrogens is 2. The number of carbonyl (C=O) groups is 2. The van der Waals surface area contributed by atoms with Crippen LogP contribution in [0.3, 0.4) is 0 Å². The second kappa shape index (κ2) is 9.29. The zero-order chi connectivity index (χ0) is 22.5. The topological polar surface area (TPSA) is 101 Å². The maximum atomic E-state index is 14.1. The van der Waals surface area contributed by atoms with Gasteiger partial charge in [0.2, 0.25) is 5.82 Å². The molecule has 1 atom stereocenters. The number of nitrogens with zero attached hydrogens (tertiary/aromatic N) is 2. The minimum atomic E-state index is -1.43. The number of pyridine rings is 2. The van der Waals surface area contributed by atoms with Crippen molar-refractivity contribution in [3.05, 3.63) is 77.1 Å². The average Bonchev–Trinajstić information content (AvgIpc) is 2.78. The van der Waals surface area contributed by atoms with Crippen molar-refractivity contribution < 1.29 is 28.2 Å². The molecule has 160 valence electrons. The Balaban J connectivity index is 1.84. The molecule has 2 heterocycles. The zero-order valence-corrected chi connectivity index (χ0v) is 16.7. The SMILES string of the molecule is COC(=O)[C@H](Cc1ccc(O)c(F)c1F)NC(=O)c1ccnc(-c2cc(C)ccn2)c1. The number of halogens is 2. The first-order chi connectivity index (χ1) is 14.8. The Morgan fingerprint density at radius 3 is 2.42 bits per heavy atom. The summed E-state index contributed by atoms with van der Waals surface area (Å²) < 4.78 is 32.4. The highest BCUT2D eigenvalue weighted by Gasteiger charge is 2.25. The van der Waals surface area contributed by atoms with Crippen LogP contribution in [-0.2, 0) is 16.0 Å². The molecule has 0 saturated heterocycles. The smallest absolute Gasteiger partial charge is 0.328 e. The van der Waals surface area contributed by atoms with Gasteiger partial charge in [-0.25, -0.2) is 9.18 Å². The molecule has 3 aromatic rings. The van der Waals surface area contributed by atoms with Crippen LogP contribution in [0.1, 0.15) is 21.5 Å². The van der Waals surface area contributed by atoms with Crippen molar-refractivity contribution in [2.45, 2.75) is 19.4 Å². The lowest BCUT2D eigenvalue weighted by Crippen LogP contribution is -2.43. The third-order valence-corrected chi connectivity index (χ3v) is 4.56. The number of ether oxygens (including phenoxy) is 1. The van der Waals surface area contributed by atoms with Crippen LogP contribution < -0.4 is 5.32 Å². The van der Waals surface area contributed by atoms with E-state index < -0.39 is 35.3 Å². The largest absolute Gasteiger partial charge is 0.505 e. The van der Waals surface area contributed by atoms with Gasteiger partial charge in [0.15, 0.2) is 11.6 Å². The van der Waals surface area contributed by atoms with Gasteiger partial charge in [-0.1, -0.05) is 6.07 Å². The van der Waals surface area contributed by atoms with Gasteiger partial charge in [-0.2, -0.15) is 4.39 Å². The molecule has 1 amide bonds. The summed E-state index contributed by atoms with van der Waals surface area (Å²) in [5.41, 5.74) is 1.99. The zero-order valence-electron chi connectivity index (χ0n) is 16.7. The fourth-order valence-electron chi connectivity index (χ4n) is 2.92. The Labute approximate surface area is 176 Å². The highest BCUT2D eigenvalue weighted by atomic mass is 19.2. The summed E-state index contributed by atoms with van der Waals surface area (Å²) in [4.78, 5) is 33.3. The number of nitrogens with one attached hydrogen (secondary N) is 1. The minimum absolute atomic E-state index is 0.194. The minimum Gasteiger partial charge on any atom is -0.505 e. The lowest BCUT2D eigenvalue weighted by Gasteiger charge is -2.17. The number of methoxy groups -OCH3 is 1. The van der Waals surface area contributed by atoms with Gasteiger partial charge < -0.3 is 15.2 Å². The van der Waals surface area contributed by atoms with Gasteiger partial charge in [-0.15, -0.1) is 0 Å². The van der Waals surface area contributed by atoms with Crippen molar-refractivity contribution in [3.63, 3.8) is 0 Å². The summed E-state index contributed by atoms with van der Waals surface area (Å²) in [7, 11) is 1.11. The third kappa shape index (κ3) is 5.00. The van der Waals surface area contributed by atoms with Crippen LogP contribution in [0.4, 0.5) is 8.78 Å². The molecule has 0 spiro atoms. The summed E-state index contributed by atoms with van der Waals surface area (Å²) in [6.07, 6.45) is 2.67. The highest BCUT2D eigenvalue weighted by molar-refractivity contribution is 5.97. The number of aryl methyl sites for hydroxylation is 1. The molecular weight excluding hydrogens is 408 g/mol. The number of phenols is 1. The number of hydrogen-bond acceptors (Lipinski definition) is 6. The van der Waals surface area contributed by atoms with Crippen LogP contribution in [0.15, 0.2) is 48.8 Å². The fourth-order valence-corrected chi connectivity index (χ4v) is 2.92. The summed E-state index contributed by atoms with van der Waals surface area (Å²) in [5, 5.41) is 11.7. The quantitative estimate of drug-likeness (QED) is 0.587. The van der Waals surface area contributed by atoms with Crippen LogP contribution in [-0.4, -0.2) is 40.1 Å². The number of aromatic hydroxyl groups is 1. The van der Waals surface area contributed by atoms with Crippen molar-refractivity contribution in [3.8, 4) is 17.1 Å². The van der Waals surface area contributed by atoms with E-state index in [4.69, 9.17) is 0 Å². The van der Waals surface area contributed by atoms with E-state index in [-0.39, 0.29) is 17.5 Å². The van der Waals surface area contributed by atoms with Crippen molar-refractivity contribution in [1.82, 2.24) is 15.3 Å². The lowest BCUT2D eigenvalue weighted by molar-refractivity contribution is -0.142. The normalized spacial score (nSPS) is 11.6. The number of amides is 1. The van der Waals surface area contributed by atoms with Gasteiger partial charge in [0, 0.05) is 24.4 Å². The molecule has 3 rings (SSSR count). The predicted octanol–water partition coefficient (Wildman–Crippen LogP) is 2.95. The van der Waals surface area contributed by atoms with E-state index in [1.54, 1.807) is 6.20 Å². The maximum Gasteiger partial charge on any atom is 0.328 e. The molecule has 0 aliphatic rings. The molecule has 0 bridgehead atoms. The number of hydrogen-bond donors (Lipinski definition) is 2. The first-order valence-corrected chi connectivity index (χ1v) is 9.23. The highest BCUT2D eigenvalue weighted by Crippen LogP contribution is 2.22. The molecule has 0 fully saturated rings. The number of benzene rings is 1. The average molecular weight is 427 g/mol. The Bertz CT molecular complexity index is 1140. The summed E-state index contributed by atoms with van der Waals surface area (Å²) in [6, 6.07) is 7.40. The van der Waals surface area contributed by atoms with Crippen LogP contribution in [0.5, 0.6) is 5.75 Å². The molecule has 1 aromatic carbocycles. The first-order valence-electron chi connectivity index (χ1n) is 9.23. The molecule has 0 aliphatic carbocycles. The van der Waals surface area contributed by atoms with E-state index in [9.17, 15) is 23.5 Å². The van der Waals surface area contributed by atoms with E-state index in [0.717, 1.165) is 24.8 Å². The van der Waals surface area contributed by atoms with E-state index in [1.165, 1.54) is 18.3 Å². The molecule has 0 radical (unpaired) electrons. The number of rotatable bonds is 6. The maximum absolute atomic E-state index is 14.1. The predicted molar refractivity (Wildman–Crippen MR) is 107 cm³/mol. The van der Waals surface area contributed by atoms with Gasteiger partial charge in [-0.05, 0) is 48.4 Å². The van der Waals surface area contributed by atoms with Crippen LogP contribution in [0, 0.1) is 18.6 Å². The standard InChI is InChI=1S/C22H19F2N3O4/c1-12-5-7-25-15(9-12)16-11-14(6-8-26-16)21(29)27-17(22(30)31-2)10-13-3-4-18(28)20(24)19(13)23/h3-9,11,17,28H,10H2,1-2H3,(H,27,29)/t17-/m0/s1. The van der Waals surface area contributed by atoms with Crippen molar-refractivity contribution in [1.29, 1.82) is 0 Å². The van der Waals surface area contributed by atoms with Gasteiger partial charge in [0.05, 0.1) is 18.5 Å². The molecule has 2 aromatic heterocycles. The first kappa shape index (κ1) is 21.8. The second-order valence-electron chi connectivity index (χ2n) is 6.77. The van der Waals surface area contributed by atoms with E-state index >= 15 is 0 Å². The molecule has 0 aliphatic heterocycles. The molecular formula is C22H19F2N3O4. The Morgan fingerprint density at radius 2 is 1.74 bits per heavy atom.